The highest BCUT2D eigenvalue weighted by Crippen LogP contribution is 2.45. The smallest absolute Gasteiger partial charge is 0.174 e. The van der Waals surface area contributed by atoms with Crippen molar-refractivity contribution < 1.29 is 0 Å². The van der Waals surface area contributed by atoms with Crippen LogP contribution >= 0.6 is 12.2 Å². The molecule has 4 nitrogen and oxygen atoms in total. The molecule has 1 N–H and O–H groups in total. The molecule has 3 aromatic rings. The molecular formula is C29H32N4S. The molecule has 0 radical (unpaired) electrons. The van der Waals surface area contributed by atoms with Crippen LogP contribution in [0.1, 0.15) is 62.2 Å². The van der Waals surface area contributed by atoms with E-state index in [9.17, 15) is 0 Å². The molecule has 2 aliphatic heterocycles. The lowest BCUT2D eigenvalue weighted by atomic mass is 9.86. The third-order valence-electron chi connectivity index (χ3n) is 7.30. The zero-order valence-electron chi connectivity index (χ0n) is 20.5. The monoisotopic (exact) mass is 468 g/mol. The van der Waals surface area contributed by atoms with E-state index in [1.807, 2.05) is 18.3 Å². The highest BCUT2D eigenvalue weighted by molar-refractivity contribution is 7.80. The third-order valence-corrected chi connectivity index (χ3v) is 7.62. The summed E-state index contributed by atoms with van der Waals surface area (Å²) in [5, 5.41) is 4.31. The molecule has 5 heteroatoms. The molecule has 1 fully saturated rings. The lowest BCUT2D eigenvalue weighted by Gasteiger charge is -2.41. The Morgan fingerprint density at radius 1 is 1.06 bits per heavy atom. The summed E-state index contributed by atoms with van der Waals surface area (Å²) < 4.78 is 0. The predicted octanol–water partition coefficient (Wildman–Crippen LogP) is 6.45. The summed E-state index contributed by atoms with van der Waals surface area (Å²) in [6.45, 7) is 8.90. The van der Waals surface area contributed by atoms with Crippen LogP contribution in [0.15, 0.2) is 72.9 Å². The number of pyridine rings is 1. The van der Waals surface area contributed by atoms with Gasteiger partial charge in [0.1, 0.15) is 0 Å². The van der Waals surface area contributed by atoms with E-state index in [0.29, 0.717) is 0 Å². The number of benzene rings is 2. The molecule has 0 aliphatic carbocycles. The van der Waals surface area contributed by atoms with E-state index in [2.05, 4.69) is 104 Å². The fourth-order valence-corrected chi connectivity index (χ4v) is 5.57. The predicted molar refractivity (Wildman–Crippen MR) is 146 cm³/mol. The first-order valence-corrected chi connectivity index (χ1v) is 12.4. The number of hydrogen-bond acceptors (Lipinski definition) is 3. The number of hydrogen-bond donors (Lipinski definition) is 1. The van der Waals surface area contributed by atoms with Gasteiger partial charge < -0.3 is 15.1 Å². The number of anilines is 2. The molecule has 2 aromatic carbocycles. The van der Waals surface area contributed by atoms with Gasteiger partial charge >= 0.3 is 0 Å². The SMILES string of the molecule is CCc1ccc(N2C(=S)N[C@@H](c3ccccn3)[C@H]2c2ccc3c(c2)C(C)=CC(C)(C)N3C)cc1. The summed E-state index contributed by atoms with van der Waals surface area (Å²) in [5.41, 5.74) is 8.46. The second-order valence-corrected chi connectivity index (χ2v) is 10.2. The fourth-order valence-electron chi connectivity index (χ4n) is 5.22. The van der Waals surface area contributed by atoms with Gasteiger partial charge in [0.2, 0.25) is 0 Å². The topological polar surface area (TPSA) is 31.4 Å². The standard InChI is InChI=1S/C29H32N4S/c1-6-20-10-13-22(14-11-20)33-27(26(31-28(33)34)24-9-7-8-16-30-24)21-12-15-25-23(17-21)19(2)18-29(3,4)32(25)5/h7-18,26-27H,6H2,1-5H3,(H,31,34)/t26-,27+/m0/s1. The minimum atomic E-state index is -0.0420. The fraction of sp³-hybridized carbons (Fsp3) is 0.310. The van der Waals surface area contributed by atoms with Crippen LogP contribution in [0.25, 0.3) is 5.57 Å². The first-order chi connectivity index (χ1) is 16.3. The molecule has 0 bridgehead atoms. The van der Waals surface area contributed by atoms with E-state index in [-0.39, 0.29) is 17.6 Å². The van der Waals surface area contributed by atoms with Crippen LogP contribution in [0.3, 0.4) is 0 Å². The van der Waals surface area contributed by atoms with Gasteiger partial charge in [0.05, 0.1) is 23.3 Å². The number of rotatable bonds is 4. The average molecular weight is 469 g/mol. The number of fused-ring (bicyclic) bond motifs is 1. The third kappa shape index (κ3) is 3.78. The Kier molecular flexibility index (Phi) is 5.68. The van der Waals surface area contributed by atoms with E-state index >= 15 is 0 Å². The number of allylic oxidation sites excluding steroid dienone is 1. The summed E-state index contributed by atoms with van der Waals surface area (Å²) in [5.74, 6) is 0. The summed E-state index contributed by atoms with van der Waals surface area (Å²) in [4.78, 5) is 9.30. The maximum Gasteiger partial charge on any atom is 0.174 e. The van der Waals surface area contributed by atoms with Gasteiger partial charge in [-0.05, 0) is 92.5 Å². The Morgan fingerprint density at radius 3 is 2.50 bits per heavy atom. The van der Waals surface area contributed by atoms with Crippen molar-refractivity contribution in [2.75, 3.05) is 16.8 Å². The number of nitrogens with one attached hydrogen (secondary N) is 1. The Labute approximate surface area is 208 Å². The van der Waals surface area contributed by atoms with Crippen molar-refractivity contribution in [2.24, 2.45) is 0 Å². The molecule has 1 saturated heterocycles. The van der Waals surface area contributed by atoms with E-state index in [1.165, 1.54) is 28.0 Å². The van der Waals surface area contributed by atoms with Crippen molar-refractivity contribution in [3.05, 3.63) is 95.3 Å². The molecule has 3 heterocycles. The molecule has 34 heavy (non-hydrogen) atoms. The van der Waals surface area contributed by atoms with Gasteiger partial charge in [0.15, 0.2) is 5.11 Å². The zero-order chi connectivity index (χ0) is 24.0. The highest BCUT2D eigenvalue weighted by atomic mass is 32.1. The molecule has 0 spiro atoms. The van der Waals surface area contributed by atoms with Gasteiger partial charge in [-0.15, -0.1) is 0 Å². The lowest BCUT2D eigenvalue weighted by Crippen LogP contribution is -2.42. The summed E-state index contributed by atoms with van der Waals surface area (Å²) in [6, 6.07) is 21.6. The van der Waals surface area contributed by atoms with Crippen molar-refractivity contribution in [2.45, 2.75) is 51.7 Å². The molecule has 0 saturated carbocycles. The Morgan fingerprint density at radius 2 is 1.82 bits per heavy atom. The van der Waals surface area contributed by atoms with E-state index in [0.717, 1.165) is 22.9 Å². The van der Waals surface area contributed by atoms with Gasteiger partial charge in [-0.1, -0.05) is 37.3 Å². The van der Waals surface area contributed by atoms with Crippen molar-refractivity contribution in [1.82, 2.24) is 10.3 Å². The van der Waals surface area contributed by atoms with Crippen LogP contribution in [-0.4, -0.2) is 22.7 Å². The second-order valence-electron chi connectivity index (χ2n) is 9.83. The molecular weight excluding hydrogens is 436 g/mol. The Balaban J connectivity index is 1.64. The minimum Gasteiger partial charge on any atom is -0.366 e. The van der Waals surface area contributed by atoms with E-state index < -0.39 is 0 Å². The number of likely N-dealkylation sites (N-methyl/N-ethyl adjacent to an activating group) is 1. The first kappa shape index (κ1) is 22.6. The van der Waals surface area contributed by atoms with E-state index in [4.69, 9.17) is 17.2 Å². The lowest BCUT2D eigenvalue weighted by molar-refractivity contribution is 0.566. The zero-order valence-corrected chi connectivity index (χ0v) is 21.4. The number of aromatic nitrogens is 1. The van der Waals surface area contributed by atoms with E-state index in [1.54, 1.807) is 0 Å². The quantitative estimate of drug-likeness (QED) is 0.445. The van der Waals surface area contributed by atoms with Gasteiger partial charge in [0.25, 0.3) is 0 Å². The van der Waals surface area contributed by atoms with Gasteiger partial charge in [-0.2, -0.15) is 0 Å². The van der Waals surface area contributed by atoms with Crippen molar-refractivity contribution >= 4 is 34.3 Å². The molecule has 0 amide bonds. The Hall–Kier alpha value is -3.18. The number of nitrogens with zero attached hydrogens (tertiary/aromatic N) is 3. The highest BCUT2D eigenvalue weighted by Gasteiger charge is 2.41. The molecule has 1 aromatic heterocycles. The molecule has 0 unspecified atom stereocenters. The maximum atomic E-state index is 5.90. The van der Waals surface area contributed by atoms with Crippen molar-refractivity contribution in [3.63, 3.8) is 0 Å². The van der Waals surface area contributed by atoms with Crippen LogP contribution in [0.5, 0.6) is 0 Å². The summed E-state index contributed by atoms with van der Waals surface area (Å²) in [7, 11) is 2.17. The average Bonchev–Trinajstić information content (AvgIpc) is 3.19. The number of thiocarbonyl (C=S) groups is 1. The summed E-state index contributed by atoms with van der Waals surface area (Å²) >= 11 is 5.90. The van der Waals surface area contributed by atoms with Crippen LogP contribution in [0, 0.1) is 0 Å². The molecule has 2 aliphatic rings. The van der Waals surface area contributed by atoms with Crippen LogP contribution in [-0.2, 0) is 6.42 Å². The molecule has 174 valence electrons. The molecule has 2 atom stereocenters. The van der Waals surface area contributed by atoms with Gasteiger partial charge in [-0.25, -0.2) is 0 Å². The van der Waals surface area contributed by atoms with Crippen LogP contribution < -0.4 is 15.1 Å². The summed E-state index contributed by atoms with van der Waals surface area (Å²) in [6.07, 6.45) is 5.23. The molecule has 5 rings (SSSR count). The van der Waals surface area contributed by atoms with Gasteiger partial charge in [0, 0.05) is 30.2 Å². The Bertz CT molecular complexity index is 1250. The van der Waals surface area contributed by atoms with Gasteiger partial charge in [-0.3, -0.25) is 4.98 Å². The minimum absolute atomic E-state index is 0.00628. The number of aryl methyl sites for hydroxylation is 1. The largest absolute Gasteiger partial charge is 0.366 e. The van der Waals surface area contributed by atoms with Crippen LogP contribution in [0.4, 0.5) is 11.4 Å². The van der Waals surface area contributed by atoms with Crippen LogP contribution in [0.2, 0.25) is 0 Å². The van der Waals surface area contributed by atoms with Crippen molar-refractivity contribution in [1.29, 1.82) is 0 Å². The normalized spacial score (nSPS) is 21.2. The second kappa shape index (κ2) is 8.55. The maximum absolute atomic E-state index is 5.90. The van der Waals surface area contributed by atoms with Crippen molar-refractivity contribution in [3.8, 4) is 0 Å². The first-order valence-electron chi connectivity index (χ1n) is 12.0.